The number of aromatic carboxylic acids is 1. The van der Waals surface area contributed by atoms with Crippen molar-refractivity contribution in [3.05, 3.63) is 52.3 Å². The summed E-state index contributed by atoms with van der Waals surface area (Å²) < 4.78 is 2.26. The number of hydrogen-bond donors (Lipinski definition) is 2. The van der Waals surface area contributed by atoms with Crippen LogP contribution in [0.25, 0.3) is 0 Å². The van der Waals surface area contributed by atoms with Gasteiger partial charge in [0.15, 0.2) is 0 Å². The molecule has 5 nitrogen and oxygen atoms in total. The maximum absolute atomic E-state index is 12.0. The van der Waals surface area contributed by atoms with Crippen molar-refractivity contribution in [2.75, 3.05) is 5.32 Å². The molecule has 1 aromatic heterocycles. The third-order valence-corrected chi connectivity index (χ3v) is 3.33. The van der Waals surface area contributed by atoms with E-state index in [0.717, 1.165) is 10.0 Å². The van der Waals surface area contributed by atoms with Crippen LogP contribution in [-0.2, 0) is 11.3 Å². The second kappa shape index (κ2) is 5.92. The van der Waals surface area contributed by atoms with Gasteiger partial charge in [0.2, 0.25) is 5.91 Å². The predicted octanol–water partition coefficient (Wildman–Crippen LogP) is 2.90. The molecule has 0 radical (unpaired) electrons. The molecule has 20 heavy (non-hydrogen) atoms. The maximum atomic E-state index is 12.0. The highest BCUT2D eigenvalue weighted by Gasteiger charge is 2.12. The SMILES string of the molecule is Cc1ccc(Br)cc1NC(=O)Cn1cccc1C(=O)O. The van der Waals surface area contributed by atoms with Crippen molar-refractivity contribution < 1.29 is 14.7 Å². The lowest BCUT2D eigenvalue weighted by atomic mass is 10.2. The van der Waals surface area contributed by atoms with Crippen LogP contribution >= 0.6 is 15.9 Å². The average molecular weight is 337 g/mol. The number of halogens is 1. The Hall–Kier alpha value is -2.08. The molecule has 6 heteroatoms. The van der Waals surface area contributed by atoms with E-state index < -0.39 is 5.97 Å². The highest BCUT2D eigenvalue weighted by atomic mass is 79.9. The summed E-state index contributed by atoms with van der Waals surface area (Å²) in [7, 11) is 0. The quantitative estimate of drug-likeness (QED) is 0.901. The fourth-order valence-electron chi connectivity index (χ4n) is 1.82. The lowest BCUT2D eigenvalue weighted by Crippen LogP contribution is -2.21. The number of nitrogens with zero attached hydrogens (tertiary/aromatic N) is 1. The molecule has 0 saturated carbocycles. The van der Waals surface area contributed by atoms with E-state index in [2.05, 4.69) is 21.2 Å². The third-order valence-electron chi connectivity index (χ3n) is 2.84. The number of amides is 1. The van der Waals surface area contributed by atoms with Crippen molar-refractivity contribution >= 4 is 33.5 Å². The topological polar surface area (TPSA) is 71.3 Å². The number of nitrogens with one attached hydrogen (secondary N) is 1. The molecule has 0 aliphatic rings. The average Bonchev–Trinajstić information content (AvgIpc) is 2.82. The first-order valence-electron chi connectivity index (χ1n) is 5.92. The molecule has 0 unspecified atom stereocenters. The first-order valence-corrected chi connectivity index (χ1v) is 6.71. The van der Waals surface area contributed by atoms with Crippen LogP contribution in [0, 0.1) is 6.92 Å². The summed E-state index contributed by atoms with van der Waals surface area (Å²) >= 11 is 3.34. The van der Waals surface area contributed by atoms with Gasteiger partial charge in [-0.2, -0.15) is 0 Å². The van der Waals surface area contributed by atoms with Crippen LogP contribution in [0.5, 0.6) is 0 Å². The molecule has 2 N–H and O–H groups in total. The van der Waals surface area contributed by atoms with Gasteiger partial charge in [-0.1, -0.05) is 22.0 Å². The molecule has 104 valence electrons. The van der Waals surface area contributed by atoms with Crippen LogP contribution in [0.2, 0.25) is 0 Å². The van der Waals surface area contributed by atoms with Crippen molar-refractivity contribution in [1.29, 1.82) is 0 Å². The number of carbonyl (C=O) groups excluding carboxylic acids is 1. The van der Waals surface area contributed by atoms with Gasteiger partial charge < -0.3 is 15.0 Å². The van der Waals surface area contributed by atoms with E-state index in [0.29, 0.717) is 5.69 Å². The predicted molar refractivity (Wildman–Crippen MR) is 78.9 cm³/mol. The van der Waals surface area contributed by atoms with Gasteiger partial charge in [-0.05, 0) is 36.8 Å². The second-order valence-electron chi connectivity index (χ2n) is 4.33. The van der Waals surface area contributed by atoms with Crippen LogP contribution in [0.15, 0.2) is 41.0 Å². The summed E-state index contributed by atoms with van der Waals surface area (Å²) in [6, 6.07) is 8.64. The summed E-state index contributed by atoms with van der Waals surface area (Å²) in [5.41, 5.74) is 1.73. The summed E-state index contributed by atoms with van der Waals surface area (Å²) in [5, 5.41) is 11.8. The fraction of sp³-hybridized carbons (Fsp3) is 0.143. The Labute approximate surface area is 124 Å². The van der Waals surface area contributed by atoms with Gasteiger partial charge in [-0.25, -0.2) is 4.79 Å². The molecule has 0 fully saturated rings. The molecule has 1 heterocycles. The summed E-state index contributed by atoms with van der Waals surface area (Å²) in [4.78, 5) is 22.9. The van der Waals surface area contributed by atoms with Gasteiger partial charge in [-0.15, -0.1) is 0 Å². The van der Waals surface area contributed by atoms with Gasteiger partial charge >= 0.3 is 5.97 Å². The zero-order chi connectivity index (χ0) is 14.7. The molecular formula is C14H13BrN2O3. The van der Waals surface area contributed by atoms with Crippen LogP contribution in [0.3, 0.4) is 0 Å². The van der Waals surface area contributed by atoms with Crippen LogP contribution in [0.1, 0.15) is 16.1 Å². The zero-order valence-corrected chi connectivity index (χ0v) is 12.3. The van der Waals surface area contributed by atoms with Crippen molar-refractivity contribution in [3.63, 3.8) is 0 Å². The van der Waals surface area contributed by atoms with E-state index in [1.54, 1.807) is 18.3 Å². The standard InChI is InChI=1S/C14H13BrN2O3/c1-9-4-5-10(15)7-11(9)16-13(18)8-17-6-2-3-12(17)14(19)20/h2-7H,8H2,1H3,(H,16,18)(H,19,20). The lowest BCUT2D eigenvalue weighted by Gasteiger charge is -2.10. The fourth-order valence-corrected chi connectivity index (χ4v) is 2.18. The van der Waals surface area contributed by atoms with Crippen molar-refractivity contribution in [1.82, 2.24) is 4.57 Å². The number of benzene rings is 1. The minimum Gasteiger partial charge on any atom is -0.477 e. The third kappa shape index (κ3) is 3.27. The first-order chi connectivity index (χ1) is 9.47. The van der Waals surface area contributed by atoms with Gasteiger partial charge in [-0.3, -0.25) is 4.79 Å². The van der Waals surface area contributed by atoms with Crippen LogP contribution < -0.4 is 5.32 Å². The van der Waals surface area contributed by atoms with Gasteiger partial charge in [0, 0.05) is 16.4 Å². The highest BCUT2D eigenvalue weighted by Crippen LogP contribution is 2.20. The number of aromatic nitrogens is 1. The Bertz CT molecular complexity index is 664. The highest BCUT2D eigenvalue weighted by molar-refractivity contribution is 9.10. The van der Waals surface area contributed by atoms with Crippen LogP contribution in [0.4, 0.5) is 5.69 Å². The van der Waals surface area contributed by atoms with Crippen molar-refractivity contribution in [2.24, 2.45) is 0 Å². The van der Waals surface area contributed by atoms with E-state index in [4.69, 9.17) is 5.11 Å². The second-order valence-corrected chi connectivity index (χ2v) is 5.25. The zero-order valence-electron chi connectivity index (χ0n) is 10.8. The number of aryl methyl sites for hydroxylation is 1. The number of hydrogen-bond acceptors (Lipinski definition) is 2. The summed E-state index contributed by atoms with van der Waals surface area (Å²) in [6.45, 7) is 1.85. The number of anilines is 1. The van der Waals surface area contributed by atoms with Crippen molar-refractivity contribution in [2.45, 2.75) is 13.5 Å². The Kier molecular flexibility index (Phi) is 4.24. The number of carbonyl (C=O) groups is 2. The van der Waals surface area contributed by atoms with E-state index in [9.17, 15) is 9.59 Å². The molecular weight excluding hydrogens is 324 g/mol. The lowest BCUT2D eigenvalue weighted by molar-refractivity contribution is -0.116. The first kappa shape index (κ1) is 14.3. The summed E-state index contributed by atoms with van der Waals surface area (Å²) in [5.74, 6) is -1.33. The summed E-state index contributed by atoms with van der Waals surface area (Å²) in [6.07, 6.45) is 1.57. The van der Waals surface area contributed by atoms with Crippen LogP contribution in [-0.4, -0.2) is 21.6 Å². The molecule has 0 saturated heterocycles. The largest absolute Gasteiger partial charge is 0.477 e. The number of carboxylic acids is 1. The van der Waals surface area contributed by atoms with E-state index in [1.165, 1.54) is 10.6 Å². The molecule has 0 aliphatic carbocycles. The van der Waals surface area contributed by atoms with Gasteiger partial charge in [0.05, 0.1) is 0 Å². The number of rotatable bonds is 4. The monoisotopic (exact) mass is 336 g/mol. The molecule has 1 aromatic carbocycles. The molecule has 2 rings (SSSR count). The molecule has 0 aliphatic heterocycles. The Morgan fingerprint density at radius 3 is 2.80 bits per heavy atom. The smallest absolute Gasteiger partial charge is 0.352 e. The van der Waals surface area contributed by atoms with E-state index in [1.807, 2.05) is 19.1 Å². The van der Waals surface area contributed by atoms with Gasteiger partial charge in [0.1, 0.15) is 12.2 Å². The molecule has 1 amide bonds. The van der Waals surface area contributed by atoms with E-state index >= 15 is 0 Å². The molecule has 2 aromatic rings. The Balaban J connectivity index is 2.11. The van der Waals surface area contributed by atoms with Gasteiger partial charge in [0.25, 0.3) is 0 Å². The number of carboxylic acid groups (broad SMARTS) is 1. The van der Waals surface area contributed by atoms with Crippen molar-refractivity contribution in [3.8, 4) is 0 Å². The normalized spacial score (nSPS) is 10.3. The molecule has 0 bridgehead atoms. The Morgan fingerprint density at radius 2 is 2.10 bits per heavy atom. The molecule has 0 atom stereocenters. The van der Waals surface area contributed by atoms with E-state index in [-0.39, 0.29) is 18.1 Å². The molecule has 0 spiro atoms. The minimum absolute atomic E-state index is 0.0411. The maximum Gasteiger partial charge on any atom is 0.352 e. The Morgan fingerprint density at radius 1 is 1.35 bits per heavy atom. The minimum atomic E-state index is -1.05.